The maximum Gasteiger partial charge on any atom is 0.412 e. The highest BCUT2D eigenvalue weighted by Crippen LogP contribution is 2.35. The normalized spacial score (nSPS) is 13.2. The smallest absolute Gasteiger partial charge is 0.412 e. The van der Waals surface area contributed by atoms with E-state index in [1.807, 2.05) is 26.0 Å². The van der Waals surface area contributed by atoms with Gasteiger partial charge >= 0.3 is 6.09 Å². The van der Waals surface area contributed by atoms with Crippen molar-refractivity contribution >= 4 is 11.8 Å². The van der Waals surface area contributed by atoms with Crippen molar-refractivity contribution in [3.8, 4) is 0 Å². The molecule has 0 spiro atoms. The van der Waals surface area contributed by atoms with Crippen LogP contribution in [0, 0.1) is 0 Å². The molecular formula is C19H25N3O3. The lowest BCUT2D eigenvalue weighted by Gasteiger charge is -2.30. The van der Waals surface area contributed by atoms with Gasteiger partial charge in [0.25, 0.3) is 0 Å². The molecule has 6 heteroatoms. The summed E-state index contributed by atoms with van der Waals surface area (Å²) in [6.07, 6.45) is 3.58. The molecule has 25 heavy (non-hydrogen) atoms. The number of carbonyl (C=O) groups is 1. The number of pyridine rings is 2. The van der Waals surface area contributed by atoms with Crippen molar-refractivity contribution < 1.29 is 14.6 Å². The van der Waals surface area contributed by atoms with Crippen LogP contribution < -0.4 is 5.32 Å². The van der Waals surface area contributed by atoms with E-state index >= 15 is 0 Å². The lowest BCUT2D eigenvalue weighted by atomic mass is 9.79. The molecule has 2 aromatic rings. The highest BCUT2D eigenvalue weighted by molar-refractivity contribution is 5.84. The van der Waals surface area contributed by atoms with E-state index in [1.54, 1.807) is 45.3 Å². The summed E-state index contributed by atoms with van der Waals surface area (Å²) in [5, 5.41) is 13.3. The van der Waals surface area contributed by atoms with Crippen molar-refractivity contribution in [2.45, 2.75) is 51.7 Å². The van der Waals surface area contributed by atoms with Gasteiger partial charge in [0.2, 0.25) is 0 Å². The van der Waals surface area contributed by atoms with E-state index in [9.17, 15) is 9.90 Å². The van der Waals surface area contributed by atoms with E-state index in [0.29, 0.717) is 11.4 Å². The predicted octanol–water partition coefficient (Wildman–Crippen LogP) is 3.83. The Kier molecular flexibility index (Phi) is 5.42. The molecule has 2 rings (SSSR count). The maximum atomic E-state index is 11.8. The second-order valence-electron chi connectivity index (χ2n) is 7.46. The van der Waals surface area contributed by atoms with Crippen molar-refractivity contribution in [3.63, 3.8) is 0 Å². The molecule has 0 aromatic carbocycles. The zero-order valence-electron chi connectivity index (χ0n) is 15.3. The third-order valence-electron chi connectivity index (χ3n) is 3.80. The number of rotatable bonds is 4. The molecule has 134 valence electrons. The molecule has 0 aliphatic rings. The van der Waals surface area contributed by atoms with Crippen LogP contribution in [0.4, 0.5) is 10.5 Å². The van der Waals surface area contributed by atoms with Crippen LogP contribution in [0.15, 0.2) is 42.9 Å². The summed E-state index contributed by atoms with van der Waals surface area (Å²) >= 11 is 0. The zero-order chi connectivity index (χ0) is 18.7. The lowest BCUT2D eigenvalue weighted by molar-refractivity contribution is 0.0636. The molecule has 1 atom stereocenters. The van der Waals surface area contributed by atoms with Crippen molar-refractivity contribution in [1.29, 1.82) is 0 Å². The summed E-state index contributed by atoms with van der Waals surface area (Å²) in [4.78, 5) is 20.2. The van der Waals surface area contributed by atoms with E-state index in [1.165, 1.54) is 6.20 Å². The van der Waals surface area contributed by atoms with Gasteiger partial charge in [0, 0.05) is 17.8 Å². The molecule has 0 saturated carbocycles. The van der Waals surface area contributed by atoms with E-state index < -0.39 is 23.2 Å². The molecule has 2 N–H and O–H groups in total. The van der Waals surface area contributed by atoms with Crippen molar-refractivity contribution in [2.75, 3.05) is 5.32 Å². The number of ether oxygens (including phenoxy) is 1. The monoisotopic (exact) mass is 343 g/mol. The van der Waals surface area contributed by atoms with E-state index in [2.05, 4.69) is 15.3 Å². The average Bonchev–Trinajstić information content (AvgIpc) is 2.54. The third kappa shape index (κ3) is 5.00. The van der Waals surface area contributed by atoms with Crippen LogP contribution in [0.1, 0.15) is 52.0 Å². The number of carbonyl (C=O) groups excluding carboxylic acids is 1. The fourth-order valence-corrected chi connectivity index (χ4v) is 2.33. The predicted molar refractivity (Wildman–Crippen MR) is 96.3 cm³/mol. The Morgan fingerprint density at radius 2 is 1.88 bits per heavy atom. The molecule has 0 bridgehead atoms. The number of anilines is 1. The first-order chi connectivity index (χ1) is 11.6. The summed E-state index contributed by atoms with van der Waals surface area (Å²) in [5.74, 6) is 0. The van der Waals surface area contributed by atoms with Gasteiger partial charge < -0.3 is 9.84 Å². The van der Waals surface area contributed by atoms with Gasteiger partial charge in [0.15, 0.2) is 0 Å². The second-order valence-corrected chi connectivity index (χ2v) is 7.46. The number of hydrogen-bond acceptors (Lipinski definition) is 5. The second kappa shape index (κ2) is 7.19. The molecule has 2 aromatic heterocycles. The number of aliphatic hydroxyl groups excluding tert-OH is 1. The summed E-state index contributed by atoms with van der Waals surface area (Å²) in [5.41, 5.74) is 0.816. The average molecular weight is 343 g/mol. The van der Waals surface area contributed by atoms with Gasteiger partial charge in [-0.2, -0.15) is 0 Å². The number of amides is 1. The summed E-state index contributed by atoms with van der Waals surface area (Å²) in [7, 11) is 0. The van der Waals surface area contributed by atoms with Crippen LogP contribution in [-0.4, -0.2) is 26.8 Å². The molecule has 0 aliphatic heterocycles. The first kappa shape index (κ1) is 18.9. The molecule has 0 aliphatic carbocycles. The van der Waals surface area contributed by atoms with Gasteiger partial charge in [-0.3, -0.25) is 15.3 Å². The van der Waals surface area contributed by atoms with E-state index in [0.717, 1.165) is 5.56 Å². The first-order valence-electron chi connectivity index (χ1n) is 8.14. The zero-order valence-corrected chi connectivity index (χ0v) is 15.3. The van der Waals surface area contributed by atoms with Crippen LogP contribution in [0.5, 0.6) is 0 Å². The lowest BCUT2D eigenvalue weighted by Crippen LogP contribution is -2.28. The maximum absolute atomic E-state index is 11.8. The van der Waals surface area contributed by atoms with Crippen LogP contribution in [0.25, 0.3) is 0 Å². The number of aliphatic hydroxyl groups is 1. The Morgan fingerprint density at radius 1 is 1.16 bits per heavy atom. The highest BCUT2D eigenvalue weighted by atomic mass is 16.6. The highest BCUT2D eigenvalue weighted by Gasteiger charge is 2.32. The fourth-order valence-electron chi connectivity index (χ4n) is 2.33. The first-order valence-corrected chi connectivity index (χ1v) is 8.14. The summed E-state index contributed by atoms with van der Waals surface area (Å²) in [6.45, 7) is 9.26. The van der Waals surface area contributed by atoms with Crippen molar-refractivity contribution in [1.82, 2.24) is 9.97 Å². The Hall–Kier alpha value is -2.47. The molecular weight excluding hydrogens is 318 g/mol. The summed E-state index contributed by atoms with van der Waals surface area (Å²) in [6, 6.07) is 7.14. The number of hydrogen-bond donors (Lipinski definition) is 2. The van der Waals surface area contributed by atoms with Crippen molar-refractivity contribution in [2.24, 2.45) is 0 Å². The van der Waals surface area contributed by atoms with Gasteiger partial charge in [-0.15, -0.1) is 0 Å². The molecule has 1 unspecified atom stereocenters. The van der Waals surface area contributed by atoms with Gasteiger partial charge in [-0.25, -0.2) is 4.79 Å². The SMILES string of the molecule is CC(C)(C)OC(=O)Nc1ccc(C(O)C(C)(C)c2cccnc2)nc1. The van der Waals surface area contributed by atoms with Crippen molar-refractivity contribution in [3.05, 3.63) is 54.1 Å². The van der Waals surface area contributed by atoms with Crippen LogP contribution in [-0.2, 0) is 10.2 Å². The molecule has 1 amide bonds. The quantitative estimate of drug-likeness (QED) is 0.881. The minimum absolute atomic E-state index is 0.504. The van der Waals surface area contributed by atoms with Crippen LogP contribution in [0.2, 0.25) is 0 Å². The van der Waals surface area contributed by atoms with E-state index in [4.69, 9.17) is 4.74 Å². The van der Waals surface area contributed by atoms with Crippen LogP contribution in [0.3, 0.4) is 0 Å². The standard InChI is InChI=1S/C19H25N3O3/c1-18(2,3)25-17(24)22-14-8-9-15(21-12-14)16(23)19(4,5)13-7-6-10-20-11-13/h6-12,16,23H,1-5H3,(H,22,24). The Balaban J connectivity index is 2.10. The summed E-state index contributed by atoms with van der Waals surface area (Å²) < 4.78 is 5.20. The van der Waals surface area contributed by atoms with Gasteiger partial charge in [0.1, 0.15) is 11.7 Å². The number of nitrogens with one attached hydrogen (secondary N) is 1. The molecule has 0 radical (unpaired) electrons. The largest absolute Gasteiger partial charge is 0.444 e. The fraction of sp³-hybridized carbons (Fsp3) is 0.421. The van der Waals surface area contributed by atoms with Gasteiger partial charge in [0.05, 0.1) is 17.6 Å². The Labute approximate surface area is 148 Å². The van der Waals surface area contributed by atoms with Crippen LogP contribution >= 0.6 is 0 Å². The molecule has 2 heterocycles. The third-order valence-corrected chi connectivity index (χ3v) is 3.80. The van der Waals surface area contributed by atoms with Gasteiger partial charge in [-0.05, 0) is 44.5 Å². The Bertz CT molecular complexity index is 707. The Morgan fingerprint density at radius 3 is 2.40 bits per heavy atom. The minimum atomic E-state index is -0.813. The molecule has 0 saturated heterocycles. The van der Waals surface area contributed by atoms with Gasteiger partial charge in [-0.1, -0.05) is 19.9 Å². The minimum Gasteiger partial charge on any atom is -0.444 e. The molecule has 6 nitrogen and oxygen atoms in total. The molecule has 0 fully saturated rings. The topological polar surface area (TPSA) is 84.3 Å². The number of nitrogens with zero attached hydrogens (tertiary/aromatic N) is 2. The van der Waals surface area contributed by atoms with E-state index in [-0.39, 0.29) is 0 Å². The number of aromatic nitrogens is 2.